The fraction of sp³-hybridized carbons (Fsp3) is 0.969. The lowest BCUT2D eigenvalue weighted by atomic mass is 9.69. The number of carbonyl (C=O) groups excluding carboxylic acids is 1. The van der Waals surface area contributed by atoms with Gasteiger partial charge in [0.15, 0.2) is 5.78 Å². The number of hydroxylamine groups is 4. The van der Waals surface area contributed by atoms with Crippen LogP contribution >= 0.6 is 0 Å². The van der Waals surface area contributed by atoms with Crippen molar-refractivity contribution in [2.75, 3.05) is 13.7 Å². The highest BCUT2D eigenvalue weighted by Gasteiger charge is 2.67. The summed E-state index contributed by atoms with van der Waals surface area (Å²) in [6.45, 7) is 20.7. The van der Waals surface area contributed by atoms with Crippen LogP contribution in [-0.4, -0.2) is 63.0 Å². The number of carbonyl (C=O) groups is 1. The highest BCUT2D eigenvalue weighted by Crippen LogP contribution is 2.57. The average Bonchev–Trinajstić information content (AvgIpc) is 2.96. The molecule has 3 saturated heterocycles. The molecule has 3 heterocycles. The molecule has 3 aliphatic heterocycles. The van der Waals surface area contributed by atoms with Crippen molar-refractivity contribution in [2.45, 2.75) is 186 Å². The van der Waals surface area contributed by atoms with Gasteiger partial charge >= 0.3 is 0 Å². The van der Waals surface area contributed by atoms with Gasteiger partial charge in [0, 0.05) is 41.4 Å². The van der Waals surface area contributed by atoms with E-state index in [1.54, 1.807) is 7.11 Å². The van der Waals surface area contributed by atoms with E-state index in [4.69, 9.17) is 14.4 Å². The third-order valence-corrected chi connectivity index (χ3v) is 9.20. The smallest absolute Gasteiger partial charge is 0.167 e. The van der Waals surface area contributed by atoms with Gasteiger partial charge in [-0.1, -0.05) is 58.3 Å². The van der Waals surface area contributed by atoms with E-state index in [9.17, 15) is 4.79 Å². The van der Waals surface area contributed by atoms with Gasteiger partial charge in [-0.05, 0) is 74.7 Å². The summed E-state index contributed by atoms with van der Waals surface area (Å²) in [5, 5.41) is 4.29. The summed E-state index contributed by atoms with van der Waals surface area (Å²) in [4.78, 5) is 26.2. The lowest BCUT2D eigenvalue weighted by Gasteiger charge is -2.59. The predicted molar refractivity (Wildman–Crippen MR) is 155 cm³/mol. The molecule has 222 valence electrons. The standard InChI is InChI=1S/C32H60N2O4/c1-11-12-13-14-15-16-17-18-19-20-37-34-29(6,7)24-32(25-30(34,8)9)26(35)21-31(38-32)22-27(2,3)33(36-10)28(4,5)23-31/h11-25H2,1-10H3. The number of rotatable bonds is 12. The second-order valence-electron chi connectivity index (χ2n) is 15.3. The largest absolute Gasteiger partial charge is 0.360 e. The number of ether oxygens (including phenoxy) is 1. The molecule has 0 aromatic carbocycles. The Hall–Kier alpha value is -0.530. The minimum absolute atomic E-state index is 0.229. The third-order valence-electron chi connectivity index (χ3n) is 9.20. The summed E-state index contributed by atoms with van der Waals surface area (Å²) in [7, 11) is 1.75. The van der Waals surface area contributed by atoms with E-state index >= 15 is 0 Å². The molecular formula is C32H60N2O4. The zero-order chi connectivity index (χ0) is 28.5. The summed E-state index contributed by atoms with van der Waals surface area (Å²) in [6, 6.07) is 0. The summed E-state index contributed by atoms with van der Waals surface area (Å²) in [5.41, 5.74) is -2.28. The average molecular weight is 537 g/mol. The maximum atomic E-state index is 13.9. The van der Waals surface area contributed by atoms with Crippen molar-refractivity contribution in [2.24, 2.45) is 0 Å². The minimum atomic E-state index is -0.758. The molecule has 2 spiro atoms. The second kappa shape index (κ2) is 11.8. The van der Waals surface area contributed by atoms with Crippen LogP contribution in [0.2, 0.25) is 0 Å². The topological polar surface area (TPSA) is 51.2 Å². The molecule has 0 radical (unpaired) electrons. The number of ketones is 1. The van der Waals surface area contributed by atoms with Gasteiger partial charge in [0.1, 0.15) is 5.60 Å². The maximum Gasteiger partial charge on any atom is 0.167 e. The number of unbranched alkanes of at least 4 members (excludes halogenated alkanes) is 8. The van der Waals surface area contributed by atoms with Crippen LogP contribution in [0, 0.1) is 0 Å². The van der Waals surface area contributed by atoms with Crippen molar-refractivity contribution in [1.82, 2.24) is 10.1 Å². The van der Waals surface area contributed by atoms with E-state index in [1.165, 1.54) is 51.4 Å². The summed E-state index contributed by atoms with van der Waals surface area (Å²) < 4.78 is 7.11. The van der Waals surface area contributed by atoms with Crippen LogP contribution in [0.5, 0.6) is 0 Å². The molecule has 6 nitrogen and oxygen atoms in total. The Kier molecular flexibility index (Phi) is 9.90. The Balaban J connectivity index is 1.61. The molecule has 0 aromatic heterocycles. The molecule has 0 aromatic rings. The van der Waals surface area contributed by atoms with Gasteiger partial charge in [0.2, 0.25) is 0 Å². The summed E-state index contributed by atoms with van der Waals surface area (Å²) in [5.74, 6) is 0.273. The lowest BCUT2D eigenvalue weighted by Crippen LogP contribution is -2.68. The molecule has 0 saturated carbocycles. The van der Waals surface area contributed by atoms with Crippen LogP contribution in [-0.2, 0) is 19.2 Å². The molecule has 0 amide bonds. The monoisotopic (exact) mass is 536 g/mol. The normalized spacial score (nSPS) is 27.4. The molecular weight excluding hydrogens is 476 g/mol. The third kappa shape index (κ3) is 6.84. The number of piperidine rings is 2. The van der Waals surface area contributed by atoms with Crippen LogP contribution in [0.4, 0.5) is 0 Å². The van der Waals surface area contributed by atoms with Crippen LogP contribution in [0.1, 0.15) is 152 Å². The van der Waals surface area contributed by atoms with Crippen LogP contribution in [0.15, 0.2) is 0 Å². The van der Waals surface area contributed by atoms with E-state index in [-0.39, 0.29) is 27.9 Å². The van der Waals surface area contributed by atoms with E-state index in [0.29, 0.717) is 19.3 Å². The summed E-state index contributed by atoms with van der Waals surface area (Å²) in [6.07, 6.45) is 15.1. The molecule has 38 heavy (non-hydrogen) atoms. The Labute approximate surface area is 234 Å². The Morgan fingerprint density at radius 3 is 1.61 bits per heavy atom. The zero-order valence-electron chi connectivity index (χ0n) is 26.6. The predicted octanol–water partition coefficient (Wildman–Crippen LogP) is 7.78. The highest BCUT2D eigenvalue weighted by molar-refractivity contribution is 5.91. The van der Waals surface area contributed by atoms with Gasteiger partial charge in [-0.25, -0.2) is 0 Å². The van der Waals surface area contributed by atoms with Crippen molar-refractivity contribution in [3.8, 4) is 0 Å². The molecule has 0 aliphatic carbocycles. The van der Waals surface area contributed by atoms with Crippen molar-refractivity contribution in [3.63, 3.8) is 0 Å². The minimum Gasteiger partial charge on any atom is -0.360 e. The number of hydrogen-bond acceptors (Lipinski definition) is 6. The van der Waals surface area contributed by atoms with Crippen LogP contribution in [0.25, 0.3) is 0 Å². The van der Waals surface area contributed by atoms with Crippen molar-refractivity contribution in [1.29, 1.82) is 0 Å². The Morgan fingerprint density at radius 2 is 1.13 bits per heavy atom. The van der Waals surface area contributed by atoms with Gasteiger partial charge in [-0.15, -0.1) is 0 Å². The molecule has 3 fully saturated rings. The number of nitrogens with zero attached hydrogens (tertiary/aromatic N) is 2. The lowest BCUT2D eigenvalue weighted by molar-refractivity contribution is -0.325. The summed E-state index contributed by atoms with van der Waals surface area (Å²) >= 11 is 0. The second-order valence-corrected chi connectivity index (χ2v) is 15.3. The van der Waals surface area contributed by atoms with Crippen molar-refractivity contribution < 1.29 is 19.2 Å². The Bertz CT molecular complexity index is 767. The highest BCUT2D eigenvalue weighted by atomic mass is 16.7. The molecule has 0 bridgehead atoms. The molecule has 3 aliphatic rings. The van der Waals surface area contributed by atoms with Crippen LogP contribution < -0.4 is 0 Å². The van der Waals surface area contributed by atoms with Gasteiger partial charge in [0.05, 0.1) is 19.3 Å². The van der Waals surface area contributed by atoms with Gasteiger partial charge < -0.3 is 9.57 Å². The fourth-order valence-corrected chi connectivity index (χ4v) is 8.87. The molecule has 3 rings (SSSR count). The van der Waals surface area contributed by atoms with E-state index in [2.05, 4.69) is 72.4 Å². The number of Topliss-reactive ketones (excluding diaryl/α,β-unsaturated/α-hetero) is 1. The molecule has 6 heteroatoms. The van der Waals surface area contributed by atoms with Crippen molar-refractivity contribution >= 4 is 5.78 Å². The quantitative estimate of drug-likeness (QED) is 0.237. The number of hydrogen-bond donors (Lipinski definition) is 0. The first-order valence-electron chi connectivity index (χ1n) is 15.6. The Morgan fingerprint density at radius 1 is 0.684 bits per heavy atom. The zero-order valence-corrected chi connectivity index (χ0v) is 26.6. The first kappa shape index (κ1) is 32.0. The van der Waals surface area contributed by atoms with E-state index in [0.717, 1.165) is 25.9 Å². The van der Waals surface area contributed by atoms with Gasteiger partial charge in [-0.2, -0.15) is 10.1 Å². The van der Waals surface area contributed by atoms with Gasteiger partial charge in [-0.3, -0.25) is 9.63 Å². The maximum absolute atomic E-state index is 13.9. The van der Waals surface area contributed by atoms with Crippen molar-refractivity contribution in [3.05, 3.63) is 0 Å². The fourth-order valence-electron chi connectivity index (χ4n) is 8.87. The van der Waals surface area contributed by atoms with E-state index < -0.39 is 11.2 Å². The SMILES string of the molecule is CCCCCCCCCCCON1C(C)(C)CC2(CC1(C)C)OC1(CC2=O)CC(C)(C)N(OC)C(C)(C)C1. The molecule has 0 N–H and O–H groups in total. The first-order valence-corrected chi connectivity index (χ1v) is 15.6. The molecule has 0 unspecified atom stereocenters. The van der Waals surface area contributed by atoms with Gasteiger partial charge in [0.25, 0.3) is 0 Å². The first-order chi connectivity index (χ1) is 17.5. The molecule has 0 atom stereocenters. The van der Waals surface area contributed by atoms with E-state index in [1.807, 2.05) is 0 Å². The van der Waals surface area contributed by atoms with Crippen LogP contribution in [0.3, 0.4) is 0 Å².